The van der Waals surface area contributed by atoms with Crippen LogP contribution in [0.5, 0.6) is 0 Å². The van der Waals surface area contributed by atoms with Gasteiger partial charge in [0.25, 0.3) is 5.91 Å². The number of hydrogen-bond acceptors (Lipinski definition) is 4. The number of hydrogen-bond donors (Lipinski definition) is 2. The maximum atomic E-state index is 13.0. The van der Waals surface area contributed by atoms with E-state index in [4.69, 9.17) is 4.42 Å². The van der Waals surface area contributed by atoms with Crippen LogP contribution in [0.3, 0.4) is 0 Å². The molecule has 1 amide bonds. The predicted molar refractivity (Wildman–Crippen MR) is 101 cm³/mol. The third kappa shape index (κ3) is 4.85. The molecule has 0 spiro atoms. The highest BCUT2D eigenvalue weighted by atomic mass is 32.2. The lowest BCUT2D eigenvalue weighted by atomic mass is 10.1. The molecule has 0 fully saturated rings. The number of carbonyl (C=O) groups excluding carboxylic acids is 1. The van der Waals surface area contributed by atoms with Gasteiger partial charge in [-0.15, -0.1) is 0 Å². The van der Waals surface area contributed by atoms with Gasteiger partial charge in [-0.2, -0.15) is 0 Å². The number of amides is 1. The van der Waals surface area contributed by atoms with Crippen molar-refractivity contribution in [3.8, 4) is 0 Å². The summed E-state index contributed by atoms with van der Waals surface area (Å²) >= 11 is 0. The average molecular weight is 402 g/mol. The summed E-state index contributed by atoms with van der Waals surface area (Å²) in [5.74, 6) is -0.312. The molecule has 0 aliphatic heterocycles. The van der Waals surface area contributed by atoms with Gasteiger partial charge < -0.3 is 9.73 Å². The molecule has 8 heteroatoms. The van der Waals surface area contributed by atoms with E-state index in [2.05, 4.69) is 10.0 Å². The third-order valence-electron chi connectivity index (χ3n) is 4.14. The fourth-order valence-corrected chi connectivity index (χ4v) is 3.62. The zero-order valence-electron chi connectivity index (χ0n) is 15.1. The van der Waals surface area contributed by atoms with Crippen molar-refractivity contribution in [2.24, 2.45) is 0 Å². The third-order valence-corrected chi connectivity index (χ3v) is 5.54. The largest absolute Gasteiger partial charge is 0.468 e. The van der Waals surface area contributed by atoms with Crippen molar-refractivity contribution < 1.29 is 22.0 Å². The minimum atomic E-state index is -3.81. The first kappa shape index (κ1) is 19.8. The van der Waals surface area contributed by atoms with E-state index >= 15 is 0 Å². The molecular formula is C20H19FN2O4S. The van der Waals surface area contributed by atoms with Gasteiger partial charge in [-0.05, 0) is 55.0 Å². The standard InChI is InChI=1S/C20H19FN2O4S/c1-14(15-7-9-17(21)10-8-15)23-20(24)16-4-2-6-19(12-16)28(25,26)22-13-18-5-3-11-27-18/h2-12,14,22H,13H2,1H3,(H,23,24). The highest BCUT2D eigenvalue weighted by Gasteiger charge is 2.18. The van der Waals surface area contributed by atoms with Crippen LogP contribution in [-0.4, -0.2) is 14.3 Å². The van der Waals surface area contributed by atoms with Gasteiger partial charge in [0.2, 0.25) is 10.0 Å². The molecule has 3 aromatic rings. The zero-order valence-corrected chi connectivity index (χ0v) is 15.9. The molecule has 0 aliphatic rings. The van der Waals surface area contributed by atoms with Crippen molar-refractivity contribution >= 4 is 15.9 Å². The maximum absolute atomic E-state index is 13.0. The van der Waals surface area contributed by atoms with Gasteiger partial charge in [0.15, 0.2) is 0 Å². The summed E-state index contributed by atoms with van der Waals surface area (Å²) in [4.78, 5) is 12.5. The first-order valence-corrected chi connectivity index (χ1v) is 10.0. The summed E-state index contributed by atoms with van der Waals surface area (Å²) in [5, 5.41) is 2.77. The predicted octanol–water partition coefficient (Wildman–Crippen LogP) is 3.39. The van der Waals surface area contributed by atoms with Gasteiger partial charge >= 0.3 is 0 Å². The Labute approximate surface area is 162 Å². The van der Waals surface area contributed by atoms with E-state index in [-0.39, 0.29) is 28.9 Å². The van der Waals surface area contributed by atoms with Crippen LogP contribution in [0.2, 0.25) is 0 Å². The number of carbonyl (C=O) groups is 1. The summed E-state index contributed by atoms with van der Waals surface area (Å²) in [6.07, 6.45) is 1.46. The molecule has 6 nitrogen and oxygen atoms in total. The van der Waals surface area contributed by atoms with Crippen molar-refractivity contribution in [3.05, 3.63) is 89.6 Å². The summed E-state index contributed by atoms with van der Waals surface area (Å²) < 4.78 is 45.5. The summed E-state index contributed by atoms with van der Waals surface area (Å²) in [6.45, 7) is 1.77. The second-order valence-electron chi connectivity index (χ2n) is 6.18. The lowest BCUT2D eigenvalue weighted by molar-refractivity contribution is 0.0939. The Bertz CT molecular complexity index is 1050. The highest BCUT2D eigenvalue weighted by Crippen LogP contribution is 2.16. The fourth-order valence-electron chi connectivity index (χ4n) is 2.58. The SMILES string of the molecule is CC(NC(=O)c1cccc(S(=O)(=O)NCc2ccco2)c1)c1ccc(F)cc1. The van der Waals surface area contributed by atoms with Gasteiger partial charge in [-0.25, -0.2) is 17.5 Å². The molecule has 0 saturated carbocycles. The van der Waals surface area contributed by atoms with Gasteiger partial charge in [0.1, 0.15) is 11.6 Å². The van der Waals surface area contributed by atoms with Gasteiger partial charge in [-0.1, -0.05) is 18.2 Å². The molecule has 2 aromatic carbocycles. The van der Waals surface area contributed by atoms with Gasteiger partial charge in [0.05, 0.1) is 23.7 Å². The minimum absolute atomic E-state index is 0.00730. The smallest absolute Gasteiger partial charge is 0.251 e. The number of rotatable bonds is 7. The van der Waals surface area contributed by atoms with E-state index in [9.17, 15) is 17.6 Å². The van der Waals surface area contributed by atoms with Crippen LogP contribution in [0.1, 0.15) is 34.6 Å². The van der Waals surface area contributed by atoms with E-state index in [0.29, 0.717) is 5.76 Å². The number of benzene rings is 2. The topological polar surface area (TPSA) is 88.4 Å². The first-order valence-electron chi connectivity index (χ1n) is 8.53. The van der Waals surface area contributed by atoms with E-state index in [1.165, 1.54) is 42.7 Å². The van der Waals surface area contributed by atoms with Crippen LogP contribution >= 0.6 is 0 Å². The number of furan rings is 1. The lowest BCUT2D eigenvalue weighted by Gasteiger charge is -2.15. The van der Waals surface area contributed by atoms with E-state index in [0.717, 1.165) is 5.56 Å². The van der Waals surface area contributed by atoms with Crippen molar-refractivity contribution in [2.45, 2.75) is 24.4 Å². The molecule has 1 aromatic heterocycles. The Hall–Kier alpha value is -2.97. The molecule has 2 N–H and O–H groups in total. The molecule has 1 heterocycles. The average Bonchev–Trinajstić information content (AvgIpc) is 3.21. The number of sulfonamides is 1. The summed E-state index contributed by atoms with van der Waals surface area (Å²) in [6, 6.07) is 14.5. The van der Waals surface area contributed by atoms with Gasteiger partial charge in [-0.3, -0.25) is 4.79 Å². The second-order valence-corrected chi connectivity index (χ2v) is 7.95. The summed E-state index contributed by atoms with van der Waals surface area (Å²) in [5.41, 5.74) is 0.938. The van der Waals surface area contributed by atoms with E-state index in [1.807, 2.05) is 0 Å². The Morgan fingerprint density at radius 1 is 1.11 bits per heavy atom. The summed E-state index contributed by atoms with van der Waals surface area (Å²) in [7, 11) is -3.81. The maximum Gasteiger partial charge on any atom is 0.251 e. The molecule has 146 valence electrons. The first-order chi connectivity index (χ1) is 13.3. The monoisotopic (exact) mass is 402 g/mol. The molecule has 0 aliphatic carbocycles. The normalized spacial score (nSPS) is 12.5. The number of halogens is 1. The van der Waals surface area contributed by atoms with Gasteiger partial charge in [0, 0.05) is 5.56 Å². The van der Waals surface area contributed by atoms with Crippen molar-refractivity contribution in [2.75, 3.05) is 0 Å². The van der Waals surface area contributed by atoms with Crippen LogP contribution in [0.15, 0.2) is 76.2 Å². The quantitative estimate of drug-likeness (QED) is 0.634. The molecule has 1 unspecified atom stereocenters. The fraction of sp³-hybridized carbons (Fsp3) is 0.150. The Morgan fingerprint density at radius 2 is 1.86 bits per heavy atom. The molecule has 0 radical (unpaired) electrons. The van der Waals surface area contributed by atoms with E-state index < -0.39 is 15.9 Å². The highest BCUT2D eigenvalue weighted by molar-refractivity contribution is 7.89. The van der Waals surface area contributed by atoms with Crippen molar-refractivity contribution in [1.29, 1.82) is 0 Å². The molecular weight excluding hydrogens is 383 g/mol. The van der Waals surface area contributed by atoms with Crippen molar-refractivity contribution in [3.63, 3.8) is 0 Å². The molecule has 1 atom stereocenters. The molecule has 28 heavy (non-hydrogen) atoms. The van der Waals surface area contributed by atoms with Crippen LogP contribution < -0.4 is 10.0 Å². The Kier molecular flexibility index (Phi) is 5.91. The van der Waals surface area contributed by atoms with E-state index in [1.54, 1.807) is 31.2 Å². The van der Waals surface area contributed by atoms with Crippen LogP contribution in [0, 0.1) is 5.82 Å². The molecule has 0 bridgehead atoms. The van der Waals surface area contributed by atoms with Crippen molar-refractivity contribution in [1.82, 2.24) is 10.0 Å². The van der Waals surface area contributed by atoms with Crippen LogP contribution in [0.4, 0.5) is 4.39 Å². The second kappa shape index (κ2) is 8.37. The Morgan fingerprint density at radius 3 is 2.54 bits per heavy atom. The number of nitrogens with one attached hydrogen (secondary N) is 2. The Balaban J connectivity index is 1.71. The zero-order chi connectivity index (χ0) is 20.1. The van der Waals surface area contributed by atoms with Crippen LogP contribution in [-0.2, 0) is 16.6 Å². The van der Waals surface area contributed by atoms with Crippen LogP contribution in [0.25, 0.3) is 0 Å². The lowest BCUT2D eigenvalue weighted by Crippen LogP contribution is -2.27. The molecule has 3 rings (SSSR count). The minimum Gasteiger partial charge on any atom is -0.468 e. The molecule has 0 saturated heterocycles.